The van der Waals surface area contributed by atoms with Gasteiger partial charge in [-0.05, 0) is 44.0 Å². The van der Waals surface area contributed by atoms with Crippen LogP contribution < -0.4 is 0 Å². The highest BCUT2D eigenvalue weighted by Gasteiger charge is 2.31. The molecule has 0 unspecified atom stereocenters. The Morgan fingerprint density at radius 1 is 1.14 bits per heavy atom. The summed E-state index contributed by atoms with van der Waals surface area (Å²) in [6.45, 7) is 5.91. The molecule has 1 saturated heterocycles. The topological polar surface area (TPSA) is 80.8 Å². The molecule has 0 spiro atoms. The molecule has 0 saturated carbocycles. The molecule has 1 atom stereocenters. The van der Waals surface area contributed by atoms with Gasteiger partial charge in [0.2, 0.25) is 10.0 Å². The minimum absolute atomic E-state index is 0.0574. The number of hydrogen-bond acceptors (Lipinski definition) is 5. The van der Waals surface area contributed by atoms with E-state index in [1.54, 1.807) is 6.92 Å². The molecule has 0 aliphatic carbocycles. The number of benzene rings is 1. The molecule has 1 fully saturated rings. The molecule has 2 rings (SSSR count). The van der Waals surface area contributed by atoms with Crippen molar-refractivity contribution < 1.29 is 21.6 Å². The summed E-state index contributed by atoms with van der Waals surface area (Å²) in [5, 5.41) is 0. The second kappa shape index (κ2) is 5.92. The Balaban J connectivity index is 2.59. The Morgan fingerprint density at radius 3 is 2.27 bits per heavy atom. The number of sulfone groups is 1. The predicted molar refractivity (Wildman–Crippen MR) is 83.2 cm³/mol. The van der Waals surface area contributed by atoms with Gasteiger partial charge in [-0.15, -0.1) is 0 Å². The van der Waals surface area contributed by atoms with Crippen molar-refractivity contribution in [1.82, 2.24) is 4.31 Å². The van der Waals surface area contributed by atoms with Crippen molar-refractivity contribution >= 4 is 19.9 Å². The summed E-state index contributed by atoms with van der Waals surface area (Å²) in [4.78, 5) is 0.120. The van der Waals surface area contributed by atoms with Crippen LogP contribution in [0.25, 0.3) is 0 Å². The number of aryl methyl sites for hydroxylation is 1. The molecule has 0 amide bonds. The van der Waals surface area contributed by atoms with Gasteiger partial charge >= 0.3 is 0 Å². The third-order valence-corrected chi connectivity index (χ3v) is 6.89. The maximum absolute atomic E-state index is 12.9. The molecular formula is C14H21NO5S2. The third kappa shape index (κ3) is 3.34. The van der Waals surface area contributed by atoms with E-state index in [2.05, 4.69) is 0 Å². The first-order chi connectivity index (χ1) is 10.0. The van der Waals surface area contributed by atoms with Crippen LogP contribution in [0.3, 0.4) is 0 Å². The molecule has 0 bridgehead atoms. The zero-order chi connectivity index (χ0) is 16.7. The van der Waals surface area contributed by atoms with Crippen molar-refractivity contribution in [2.24, 2.45) is 0 Å². The first-order valence-electron chi connectivity index (χ1n) is 6.96. The zero-order valence-electron chi connectivity index (χ0n) is 13.2. The average molecular weight is 347 g/mol. The van der Waals surface area contributed by atoms with Crippen LogP contribution in [0.5, 0.6) is 0 Å². The second-order valence-corrected chi connectivity index (χ2v) is 9.59. The maximum Gasteiger partial charge on any atom is 0.243 e. The molecule has 1 heterocycles. The highest BCUT2D eigenvalue weighted by Crippen LogP contribution is 2.28. The molecule has 1 aromatic rings. The standard InChI is InChI=1S/C14H21NO5S2/c1-10-7-13(21(4,16)17)12(3)14(8-10)22(18,19)15-5-6-20-11(2)9-15/h7-8,11H,5-6,9H2,1-4H3/t11-/m1/s1. The van der Waals surface area contributed by atoms with E-state index in [0.717, 1.165) is 6.26 Å². The highest BCUT2D eigenvalue weighted by atomic mass is 32.2. The molecule has 22 heavy (non-hydrogen) atoms. The predicted octanol–water partition coefficient (Wildman–Crippen LogP) is 1.12. The van der Waals surface area contributed by atoms with Crippen molar-refractivity contribution in [1.29, 1.82) is 0 Å². The lowest BCUT2D eigenvalue weighted by Crippen LogP contribution is -2.44. The minimum Gasteiger partial charge on any atom is -0.376 e. The van der Waals surface area contributed by atoms with E-state index in [-0.39, 0.29) is 34.5 Å². The molecular weight excluding hydrogens is 326 g/mol. The summed E-state index contributed by atoms with van der Waals surface area (Å²) in [5.74, 6) is 0. The van der Waals surface area contributed by atoms with Crippen LogP contribution in [0, 0.1) is 13.8 Å². The van der Waals surface area contributed by atoms with Crippen LogP contribution in [0.2, 0.25) is 0 Å². The molecule has 1 aliphatic rings. The molecule has 6 nitrogen and oxygen atoms in total. The lowest BCUT2D eigenvalue weighted by molar-refractivity contribution is 0.0101. The molecule has 0 radical (unpaired) electrons. The number of morpholine rings is 1. The van der Waals surface area contributed by atoms with Crippen molar-refractivity contribution in [2.45, 2.75) is 36.7 Å². The second-order valence-electron chi connectivity index (χ2n) is 5.70. The lowest BCUT2D eigenvalue weighted by Gasteiger charge is -2.31. The maximum atomic E-state index is 12.9. The molecule has 0 aromatic heterocycles. The SMILES string of the molecule is Cc1cc(S(C)(=O)=O)c(C)c(S(=O)(=O)N2CCO[C@H](C)C2)c1. The van der Waals surface area contributed by atoms with Gasteiger partial charge in [-0.1, -0.05) is 0 Å². The minimum atomic E-state index is -3.74. The summed E-state index contributed by atoms with van der Waals surface area (Å²) < 4.78 is 56.2. The van der Waals surface area contributed by atoms with Gasteiger partial charge in [-0.2, -0.15) is 4.31 Å². The van der Waals surface area contributed by atoms with Crippen molar-refractivity contribution in [3.8, 4) is 0 Å². The Labute approximate surface area is 132 Å². The van der Waals surface area contributed by atoms with Gasteiger partial charge in [-0.3, -0.25) is 0 Å². The first-order valence-corrected chi connectivity index (χ1v) is 10.3. The van der Waals surface area contributed by atoms with Gasteiger partial charge in [0.15, 0.2) is 9.84 Å². The van der Waals surface area contributed by atoms with E-state index in [1.165, 1.54) is 23.4 Å². The summed E-state index contributed by atoms with van der Waals surface area (Å²) >= 11 is 0. The van der Waals surface area contributed by atoms with E-state index in [4.69, 9.17) is 4.74 Å². The van der Waals surface area contributed by atoms with E-state index in [0.29, 0.717) is 12.2 Å². The van der Waals surface area contributed by atoms with Crippen molar-refractivity contribution in [2.75, 3.05) is 26.0 Å². The van der Waals surface area contributed by atoms with Gasteiger partial charge < -0.3 is 4.74 Å². The van der Waals surface area contributed by atoms with Crippen molar-refractivity contribution in [3.05, 3.63) is 23.3 Å². The highest BCUT2D eigenvalue weighted by molar-refractivity contribution is 7.91. The largest absolute Gasteiger partial charge is 0.376 e. The number of rotatable bonds is 3. The third-order valence-electron chi connectivity index (χ3n) is 3.68. The van der Waals surface area contributed by atoms with Crippen LogP contribution >= 0.6 is 0 Å². The zero-order valence-corrected chi connectivity index (χ0v) is 14.8. The van der Waals surface area contributed by atoms with Crippen LogP contribution in [0.4, 0.5) is 0 Å². The van der Waals surface area contributed by atoms with Crippen LogP contribution in [-0.4, -0.2) is 53.2 Å². The fourth-order valence-electron chi connectivity index (χ4n) is 2.59. The Hall–Kier alpha value is -0.960. The summed E-state index contributed by atoms with van der Waals surface area (Å²) in [7, 11) is -7.23. The number of nitrogens with zero attached hydrogens (tertiary/aromatic N) is 1. The number of sulfonamides is 1. The smallest absolute Gasteiger partial charge is 0.243 e. The molecule has 0 N–H and O–H groups in total. The number of hydrogen-bond donors (Lipinski definition) is 0. The molecule has 8 heteroatoms. The van der Waals surface area contributed by atoms with E-state index >= 15 is 0 Å². The van der Waals surface area contributed by atoms with Crippen molar-refractivity contribution in [3.63, 3.8) is 0 Å². The molecule has 124 valence electrons. The van der Waals surface area contributed by atoms with Gasteiger partial charge in [0.25, 0.3) is 0 Å². The summed E-state index contributed by atoms with van der Waals surface area (Å²) in [6.07, 6.45) is 0.908. The van der Waals surface area contributed by atoms with Crippen LogP contribution in [-0.2, 0) is 24.6 Å². The Bertz CT molecular complexity index is 784. The summed E-state index contributed by atoms with van der Waals surface area (Å²) in [6, 6.07) is 3.03. The number of ether oxygens (including phenoxy) is 1. The van der Waals surface area contributed by atoms with E-state index in [1.807, 2.05) is 6.92 Å². The van der Waals surface area contributed by atoms with Gasteiger partial charge in [0.05, 0.1) is 22.5 Å². The average Bonchev–Trinajstić information content (AvgIpc) is 2.39. The fourth-order valence-corrected chi connectivity index (χ4v) is 5.55. The molecule has 1 aromatic carbocycles. The quantitative estimate of drug-likeness (QED) is 0.818. The Morgan fingerprint density at radius 2 is 1.73 bits per heavy atom. The van der Waals surface area contributed by atoms with Crippen LogP contribution in [0.1, 0.15) is 18.1 Å². The monoisotopic (exact) mass is 347 g/mol. The summed E-state index contributed by atoms with van der Waals surface area (Å²) in [5.41, 5.74) is 0.873. The van der Waals surface area contributed by atoms with E-state index in [9.17, 15) is 16.8 Å². The van der Waals surface area contributed by atoms with Gasteiger partial charge in [0.1, 0.15) is 0 Å². The first kappa shape index (κ1) is 17.4. The van der Waals surface area contributed by atoms with Gasteiger partial charge in [0, 0.05) is 19.3 Å². The Kier molecular flexibility index (Phi) is 4.68. The fraction of sp³-hybridized carbons (Fsp3) is 0.571. The normalized spacial score (nSPS) is 21.0. The van der Waals surface area contributed by atoms with Crippen LogP contribution in [0.15, 0.2) is 21.9 Å². The van der Waals surface area contributed by atoms with Gasteiger partial charge in [-0.25, -0.2) is 16.8 Å². The molecule has 1 aliphatic heterocycles. The van der Waals surface area contributed by atoms with E-state index < -0.39 is 19.9 Å². The lowest BCUT2D eigenvalue weighted by atomic mass is 10.2.